The summed E-state index contributed by atoms with van der Waals surface area (Å²) in [6.07, 6.45) is 3.56. The number of carbonyl (C=O) groups is 2. The lowest BCUT2D eigenvalue weighted by Crippen LogP contribution is -2.46. The van der Waals surface area contributed by atoms with E-state index >= 15 is 0 Å². The fraction of sp³-hybridized carbons (Fsp3) is 0.500. The van der Waals surface area contributed by atoms with Crippen LogP contribution in [0.25, 0.3) is 6.08 Å². The minimum absolute atomic E-state index is 0.345. The maximum Gasteiger partial charge on any atom is 0.410 e. The van der Waals surface area contributed by atoms with E-state index in [-0.39, 0.29) is 6.09 Å². The highest BCUT2D eigenvalue weighted by molar-refractivity contribution is 5.86. The molecule has 0 saturated carbocycles. The molecule has 0 unspecified atom stereocenters. The van der Waals surface area contributed by atoms with Gasteiger partial charge in [-0.2, -0.15) is 0 Å². The molecule has 0 aromatic heterocycles. The van der Waals surface area contributed by atoms with Crippen LogP contribution < -0.4 is 0 Å². The van der Waals surface area contributed by atoms with Crippen LogP contribution in [-0.4, -0.2) is 47.9 Å². The van der Waals surface area contributed by atoms with Gasteiger partial charge in [-0.3, -0.25) is 0 Å². The van der Waals surface area contributed by atoms with Gasteiger partial charge in [0.2, 0.25) is 0 Å². The van der Waals surface area contributed by atoms with Gasteiger partial charge in [0.1, 0.15) is 5.60 Å². The van der Waals surface area contributed by atoms with Crippen LogP contribution in [0, 0.1) is 0 Å². The Morgan fingerprint density at radius 2 is 1.73 bits per heavy atom. The standard InChI is InChI=1S/C20H27NO5/c1-19(2,3)26-18(23)21-13-11-20(24,12-14-21)16-8-5-15(6-9-16)7-10-17(22)25-4/h5-10,24H,11-14H2,1-4H3/b10-7+. The first-order valence-electron chi connectivity index (χ1n) is 8.70. The summed E-state index contributed by atoms with van der Waals surface area (Å²) in [5, 5.41) is 11.0. The number of ether oxygens (including phenoxy) is 2. The van der Waals surface area contributed by atoms with E-state index in [9.17, 15) is 14.7 Å². The number of hydrogen-bond donors (Lipinski definition) is 1. The molecule has 142 valence electrons. The van der Waals surface area contributed by atoms with Gasteiger partial charge in [-0.1, -0.05) is 24.3 Å². The number of carbonyl (C=O) groups excluding carboxylic acids is 2. The lowest BCUT2D eigenvalue weighted by Gasteiger charge is -2.39. The van der Waals surface area contributed by atoms with Crippen LogP contribution in [-0.2, 0) is 19.9 Å². The highest BCUT2D eigenvalue weighted by atomic mass is 16.6. The Balaban J connectivity index is 1.99. The van der Waals surface area contributed by atoms with Gasteiger partial charge in [0.05, 0.1) is 12.7 Å². The maximum atomic E-state index is 12.1. The molecule has 1 fully saturated rings. The number of likely N-dealkylation sites (tertiary alicyclic amines) is 1. The fourth-order valence-electron chi connectivity index (χ4n) is 2.81. The molecular formula is C20H27NO5. The van der Waals surface area contributed by atoms with Gasteiger partial charge >= 0.3 is 12.1 Å². The molecule has 2 rings (SSSR count). The lowest BCUT2D eigenvalue weighted by molar-refractivity contribution is -0.134. The van der Waals surface area contributed by atoms with E-state index in [0.717, 1.165) is 11.1 Å². The number of aliphatic hydroxyl groups is 1. The Kier molecular flexibility index (Phi) is 6.08. The number of hydrogen-bond acceptors (Lipinski definition) is 5. The Morgan fingerprint density at radius 3 is 2.23 bits per heavy atom. The van der Waals surface area contributed by atoms with Crippen molar-refractivity contribution < 1.29 is 24.2 Å². The van der Waals surface area contributed by atoms with Crippen molar-refractivity contribution in [3.8, 4) is 0 Å². The van der Waals surface area contributed by atoms with Crippen LogP contribution in [0.5, 0.6) is 0 Å². The van der Waals surface area contributed by atoms with Gasteiger partial charge in [0, 0.05) is 19.2 Å². The predicted molar refractivity (Wildman–Crippen MR) is 98.4 cm³/mol. The van der Waals surface area contributed by atoms with Crippen molar-refractivity contribution >= 4 is 18.1 Å². The molecule has 1 aromatic rings. The molecule has 0 atom stereocenters. The van der Waals surface area contributed by atoms with Crippen LogP contribution >= 0.6 is 0 Å². The summed E-state index contributed by atoms with van der Waals surface area (Å²) in [6, 6.07) is 7.38. The van der Waals surface area contributed by atoms with Crippen LogP contribution in [0.1, 0.15) is 44.7 Å². The smallest absolute Gasteiger partial charge is 0.410 e. The van der Waals surface area contributed by atoms with E-state index < -0.39 is 17.2 Å². The van der Waals surface area contributed by atoms with Crippen LogP contribution in [0.2, 0.25) is 0 Å². The summed E-state index contributed by atoms with van der Waals surface area (Å²) in [6.45, 7) is 6.38. The first kappa shape index (κ1) is 20.0. The number of piperidine rings is 1. The molecule has 26 heavy (non-hydrogen) atoms. The van der Waals surface area contributed by atoms with E-state index in [4.69, 9.17) is 4.74 Å². The van der Waals surface area contributed by atoms with E-state index in [1.165, 1.54) is 13.2 Å². The summed E-state index contributed by atoms with van der Waals surface area (Å²) >= 11 is 0. The van der Waals surface area contributed by atoms with E-state index in [1.807, 2.05) is 45.0 Å². The molecule has 0 bridgehead atoms. The maximum absolute atomic E-state index is 12.1. The molecule has 0 aliphatic carbocycles. The SMILES string of the molecule is COC(=O)/C=C/c1ccc(C2(O)CCN(C(=O)OC(C)(C)C)CC2)cc1. The van der Waals surface area contributed by atoms with Crippen LogP contribution in [0.3, 0.4) is 0 Å². The number of amides is 1. The van der Waals surface area contributed by atoms with Gasteiger partial charge in [-0.15, -0.1) is 0 Å². The first-order valence-corrected chi connectivity index (χ1v) is 8.70. The van der Waals surface area contributed by atoms with Crippen molar-refractivity contribution in [3.63, 3.8) is 0 Å². The molecule has 6 heteroatoms. The molecule has 1 aromatic carbocycles. The molecule has 0 spiro atoms. The van der Waals surface area contributed by atoms with Crippen molar-refractivity contribution in [2.75, 3.05) is 20.2 Å². The zero-order valence-electron chi connectivity index (χ0n) is 15.8. The number of methoxy groups -OCH3 is 1. The van der Waals surface area contributed by atoms with Crippen molar-refractivity contribution in [1.82, 2.24) is 4.90 Å². The highest BCUT2D eigenvalue weighted by Gasteiger charge is 2.36. The third-order valence-corrected chi connectivity index (χ3v) is 4.30. The molecule has 1 aliphatic heterocycles. The molecule has 1 saturated heterocycles. The summed E-state index contributed by atoms with van der Waals surface area (Å²) in [7, 11) is 1.33. The predicted octanol–water partition coefficient (Wildman–Crippen LogP) is 3.09. The van der Waals surface area contributed by atoms with Gasteiger partial charge < -0.3 is 19.5 Å². The fourth-order valence-corrected chi connectivity index (χ4v) is 2.81. The summed E-state index contributed by atoms with van der Waals surface area (Å²) in [5.74, 6) is -0.415. The Hall–Kier alpha value is -2.34. The first-order chi connectivity index (χ1) is 12.1. The van der Waals surface area contributed by atoms with Crippen molar-refractivity contribution in [2.24, 2.45) is 0 Å². The molecule has 1 heterocycles. The minimum atomic E-state index is -0.969. The molecule has 0 radical (unpaired) electrons. The molecule has 6 nitrogen and oxygen atoms in total. The van der Waals surface area contributed by atoms with Crippen LogP contribution in [0.15, 0.2) is 30.3 Å². The Bertz CT molecular complexity index is 664. The van der Waals surface area contributed by atoms with E-state index in [0.29, 0.717) is 25.9 Å². The van der Waals surface area contributed by atoms with E-state index in [1.54, 1.807) is 11.0 Å². The second kappa shape index (κ2) is 7.91. The molecule has 1 N–H and O–H groups in total. The van der Waals surface area contributed by atoms with Gasteiger partial charge in [-0.25, -0.2) is 9.59 Å². The Morgan fingerprint density at radius 1 is 1.15 bits per heavy atom. The van der Waals surface area contributed by atoms with Crippen LogP contribution in [0.4, 0.5) is 4.79 Å². The van der Waals surface area contributed by atoms with Crippen molar-refractivity contribution in [1.29, 1.82) is 0 Å². The summed E-state index contributed by atoms with van der Waals surface area (Å²) in [5.41, 5.74) is 0.145. The van der Waals surface area contributed by atoms with Crippen molar-refractivity contribution in [3.05, 3.63) is 41.5 Å². The third-order valence-electron chi connectivity index (χ3n) is 4.30. The second-order valence-electron chi connectivity index (χ2n) is 7.48. The highest BCUT2D eigenvalue weighted by Crippen LogP contribution is 2.33. The average molecular weight is 361 g/mol. The quantitative estimate of drug-likeness (QED) is 0.661. The molecular weight excluding hydrogens is 334 g/mol. The van der Waals surface area contributed by atoms with Gasteiger partial charge in [-0.05, 0) is 50.8 Å². The van der Waals surface area contributed by atoms with E-state index in [2.05, 4.69) is 4.74 Å². The zero-order valence-corrected chi connectivity index (χ0v) is 15.8. The van der Waals surface area contributed by atoms with Gasteiger partial charge in [0.15, 0.2) is 0 Å². The number of nitrogens with zero attached hydrogens (tertiary/aromatic N) is 1. The number of esters is 1. The monoisotopic (exact) mass is 361 g/mol. The average Bonchev–Trinajstić information content (AvgIpc) is 2.59. The normalized spacial score (nSPS) is 17.2. The topological polar surface area (TPSA) is 76.1 Å². The number of rotatable bonds is 3. The second-order valence-corrected chi connectivity index (χ2v) is 7.48. The lowest BCUT2D eigenvalue weighted by atomic mass is 9.84. The van der Waals surface area contributed by atoms with Gasteiger partial charge in [0.25, 0.3) is 0 Å². The third kappa shape index (κ3) is 5.33. The summed E-state index contributed by atoms with van der Waals surface area (Å²) < 4.78 is 9.94. The summed E-state index contributed by atoms with van der Waals surface area (Å²) in [4.78, 5) is 24.9. The minimum Gasteiger partial charge on any atom is -0.466 e. The van der Waals surface area contributed by atoms with Crippen molar-refractivity contribution in [2.45, 2.75) is 44.8 Å². The number of benzene rings is 1. The molecule has 1 amide bonds. The molecule has 1 aliphatic rings. The largest absolute Gasteiger partial charge is 0.466 e. The Labute approximate surface area is 154 Å². The zero-order chi connectivity index (χ0) is 19.4.